The highest BCUT2D eigenvalue weighted by Gasteiger charge is 2.21. The van der Waals surface area contributed by atoms with Gasteiger partial charge in [0.25, 0.3) is 0 Å². The lowest BCUT2D eigenvalue weighted by Gasteiger charge is -2.29. The van der Waals surface area contributed by atoms with Crippen molar-refractivity contribution < 1.29 is 9.90 Å². The molecule has 0 radical (unpaired) electrons. The minimum absolute atomic E-state index is 0.0523. The lowest BCUT2D eigenvalue weighted by atomic mass is 9.91. The van der Waals surface area contributed by atoms with Crippen LogP contribution >= 0.6 is 0 Å². The minimum Gasteiger partial charge on any atom is -0.476 e. The Morgan fingerprint density at radius 3 is 2.71 bits per heavy atom. The van der Waals surface area contributed by atoms with Crippen LogP contribution < -0.4 is 11.1 Å². The van der Waals surface area contributed by atoms with Gasteiger partial charge in [-0.05, 0) is 12.8 Å². The zero-order valence-electron chi connectivity index (χ0n) is 9.47. The van der Waals surface area contributed by atoms with E-state index in [1.54, 1.807) is 0 Å². The zero-order valence-corrected chi connectivity index (χ0v) is 9.47. The van der Waals surface area contributed by atoms with Crippen molar-refractivity contribution in [2.24, 2.45) is 5.73 Å². The van der Waals surface area contributed by atoms with Crippen molar-refractivity contribution in [3.63, 3.8) is 0 Å². The van der Waals surface area contributed by atoms with E-state index < -0.39 is 5.97 Å². The van der Waals surface area contributed by atoms with Crippen molar-refractivity contribution in [1.29, 1.82) is 0 Å². The number of rotatable bonds is 3. The molecule has 1 fully saturated rings. The highest BCUT2D eigenvalue weighted by atomic mass is 16.4. The predicted octanol–water partition coefficient (Wildman–Crippen LogP) is 0.857. The number of aromatic carboxylic acids is 1. The summed E-state index contributed by atoms with van der Waals surface area (Å²) in [5, 5.41) is 11.9. The number of anilines is 1. The Kier molecular flexibility index (Phi) is 3.53. The number of aromatic nitrogens is 2. The topological polar surface area (TPSA) is 101 Å². The van der Waals surface area contributed by atoms with Gasteiger partial charge in [-0.15, -0.1) is 0 Å². The van der Waals surface area contributed by atoms with Gasteiger partial charge in [0.2, 0.25) is 0 Å². The van der Waals surface area contributed by atoms with Crippen LogP contribution in [0.5, 0.6) is 0 Å². The Morgan fingerprint density at radius 2 is 2.12 bits per heavy atom. The Balaban J connectivity index is 2.00. The van der Waals surface area contributed by atoms with Gasteiger partial charge in [0.15, 0.2) is 5.69 Å². The third-order valence-corrected chi connectivity index (χ3v) is 3.02. The number of hydrogen-bond donors (Lipinski definition) is 3. The molecule has 1 aromatic rings. The van der Waals surface area contributed by atoms with Crippen LogP contribution in [0.25, 0.3) is 0 Å². The smallest absolute Gasteiger partial charge is 0.356 e. The molecule has 2 atom stereocenters. The molecule has 6 nitrogen and oxygen atoms in total. The van der Waals surface area contributed by atoms with Gasteiger partial charge < -0.3 is 16.2 Å². The normalized spacial score (nSPS) is 24.3. The largest absolute Gasteiger partial charge is 0.476 e. The molecule has 17 heavy (non-hydrogen) atoms. The van der Waals surface area contributed by atoms with E-state index in [-0.39, 0.29) is 17.8 Å². The summed E-state index contributed by atoms with van der Waals surface area (Å²) in [5.41, 5.74) is 5.95. The first kappa shape index (κ1) is 11.8. The van der Waals surface area contributed by atoms with Crippen molar-refractivity contribution >= 4 is 11.8 Å². The van der Waals surface area contributed by atoms with Crippen molar-refractivity contribution in [2.75, 3.05) is 5.32 Å². The highest BCUT2D eigenvalue weighted by Crippen LogP contribution is 2.19. The van der Waals surface area contributed by atoms with Crippen molar-refractivity contribution in [3.05, 3.63) is 18.1 Å². The van der Waals surface area contributed by atoms with Gasteiger partial charge in [-0.1, -0.05) is 12.8 Å². The van der Waals surface area contributed by atoms with Crippen LogP contribution in [0.3, 0.4) is 0 Å². The summed E-state index contributed by atoms with van der Waals surface area (Å²) in [6.45, 7) is 0. The Hall–Kier alpha value is -1.69. The molecule has 6 heteroatoms. The quantitative estimate of drug-likeness (QED) is 0.719. The third kappa shape index (κ3) is 2.91. The second-order valence-electron chi connectivity index (χ2n) is 4.29. The van der Waals surface area contributed by atoms with Crippen LogP contribution in [0.2, 0.25) is 0 Å². The molecule has 1 saturated carbocycles. The second kappa shape index (κ2) is 5.09. The standard InChI is InChI=1S/C11H16N4O2/c12-7-3-1-2-4-8(7)15-10-6-13-9(5-14-10)11(16)17/h5-8H,1-4,12H2,(H,14,15)(H,16,17). The van der Waals surface area contributed by atoms with Crippen LogP contribution in [0.1, 0.15) is 36.2 Å². The number of carbonyl (C=O) groups is 1. The maximum atomic E-state index is 10.6. The first-order valence-corrected chi connectivity index (χ1v) is 5.74. The monoisotopic (exact) mass is 236 g/mol. The molecular formula is C11H16N4O2. The van der Waals surface area contributed by atoms with E-state index in [4.69, 9.17) is 10.8 Å². The molecule has 0 spiro atoms. The summed E-state index contributed by atoms with van der Waals surface area (Å²) < 4.78 is 0. The van der Waals surface area contributed by atoms with Gasteiger partial charge in [-0.25, -0.2) is 14.8 Å². The number of nitrogens with one attached hydrogen (secondary N) is 1. The van der Waals surface area contributed by atoms with E-state index in [1.807, 2.05) is 0 Å². The molecule has 2 rings (SSSR count). The fourth-order valence-corrected chi connectivity index (χ4v) is 2.04. The van der Waals surface area contributed by atoms with Crippen LogP contribution in [0.4, 0.5) is 5.82 Å². The average molecular weight is 236 g/mol. The Bertz CT molecular complexity index is 393. The van der Waals surface area contributed by atoms with Gasteiger partial charge in [-0.2, -0.15) is 0 Å². The van der Waals surface area contributed by atoms with Crippen molar-refractivity contribution in [1.82, 2.24) is 9.97 Å². The number of carboxylic acids is 1. The first-order chi connectivity index (χ1) is 8.16. The molecule has 0 saturated heterocycles. The fourth-order valence-electron chi connectivity index (χ4n) is 2.04. The lowest BCUT2D eigenvalue weighted by Crippen LogP contribution is -2.42. The maximum absolute atomic E-state index is 10.6. The van der Waals surface area contributed by atoms with Crippen LogP contribution in [0.15, 0.2) is 12.4 Å². The molecule has 1 heterocycles. The molecular weight excluding hydrogens is 220 g/mol. The van der Waals surface area contributed by atoms with E-state index in [1.165, 1.54) is 18.8 Å². The summed E-state index contributed by atoms with van der Waals surface area (Å²) >= 11 is 0. The molecule has 4 N–H and O–H groups in total. The SMILES string of the molecule is NC1CCCCC1Nc1cnc(C(=O)O)cn1. The lowest BCUT2D eigenvalue weighted by molar-refractivity contribution is 0.0690. The minimum atomic E-state index is -1.07. The molecule has 0 amide bonds. The van der Waals surface area contributed by atoms with E-state index >= 15 is 0 Å². The summed E-state index contributed by atoms with van der Waals surface area (Å²) in [4.78, 5) is 18.4. The van der Waals surface area contributed by atoms with Gasteiger partial charge in [-0.3, -0.25) is 0 Å². The van der Waals surface area contributed by atoms with Gasteiger partial charge in [0.05, 0.1) is 12.4 Å². The predicted molar refractivity (Wildman–Crippen MR) is 62.8 cm³/mol. The molecule has 92 valence electrons. The van der Waals surface area contributed by atoms with E-state index in [9.17, 15) is 4.79 Å². The summed E-state index contributed by atoms with van der Waals surface area (Å²) in [6, 6.07) is 0.332. The first-order valence-electron chi connectivity index (χ1n) is 5.74. The average Bonchev–Trinajstić information content (AvgIpc) is 2.33. The molecule has 0 bridgehead atoms. The fraction of sp³-hybridized carbons (Fsp3) is 0.545. The summed E-state index contributed by atoms with van der Waals surface area (Å²) in [7, 11) is 0. The summed E-state index contributed by atoms with van der Waals surface area (Å²) in [5.74, 6) is -0.490. The molecule has 0 aromatic carbocycles. The van der Waals surface area contributed by atoms with Gasteiger partial charge in [0, 0.05) is 12.1 Å². The Labute approximate surface area is 99.3 Å². The summed E-state index contributed by atoms with van der Waals surface area (Å²) in [6.07, 6.45) is 7.04. The Morgan fingerprint density at radius 1 is 1.35 bits per heavy atom. The van der Waals surface area contributed by atoms with Crippen LogP contribution in [-0.4, -0.2) is 33.1 Å². The van der Waals surface area contributed by atoms with Crippen molar-refractivity contribution in [3.8, 4) is 0 Å². The third-order valence-electron chi connectivity index (χ3n) is 3.02. The zero-order chi connectivity index (χ0) is 12.3. The van der Waals surface area contributed by atoms with E-state index in [0.717, 1.165) is 19.3 Å². The van der Waals surface area contributed by atoms with Crippen LogP contribution in [-0.2, 0) is 0 Å². The molecule has 0 aliphatic heterocycles. The van der Waals surface area contributed by atoms with Crippen molar-refractivity contribution in [2.45, 2.75) is 37.8 Å². The second-order valence-corrected chi connectivity index (χ2v) is 4.29. The van der Waals surface area contributed by atoms with Gasteiger partial charge >= 0.3 is 5.97 Å². The highest BCUT2D eigenvalue weighted by molar-refractivity contribution is 5.84. The maximum Gasteiger partial charge on any atom is 0.356 e. The van der Waals surface area contributed by atoms with E-state index in [2.05, 4.69) is 15.3 Å². The molecule has 1 aliphatic rings. The number of nitrogens with zero attached hydrogens (tertiary/aromatic N) is 2. The molecule has 1 aromatic heterocycles. The van der Waals surface area contributed by atoms with Gasteiger partial charge in [0.1, 0.15) is 5.82 Å². The van der Waals surface area contributed by atoms with E-state index in [0.29, 0.717) is 5.82 Å². The van der Waals surface area contributed by atoms with Crippen LogP contribution in [0, 0.1) is 0 Å². The molecule has 2 unspecified atom stereocenters. The molecule has 1 aliphatic carbocycles. The number of carboxylic acid groups (broad SMARTS) is 1. The number of nitrogens with two attached hydrogens (primary N) is 1. The number of hydrogen-bond acceptors (Lipinski definition) is 5.